The molecule has 4 nitrogen and oxygen atoms in total. The Balaban J connectivity index is 4.74. The summed E-state index contributed by atoms with van der Waals surface area (Å²) in [6, 6.07) is 0. The number of oxime groups is 1. The zero-order valence-corrected chi connectivity index (χ0v) is 5.55. The van der Waals surface area contributed by atoms with Gasteiger partial charge in [-0.1, -0.05) is 5.16 Å². The van der Waals surface area contributed by atoms with Crippen LogP contribution in [0.2, 0.25) is 0 Å². The maximum Gasteiger partial charge on any atom is 0.424 e. The van der Waals surface area contributed by atoms with Gasteiger partial charge in [0.05, 0.1) is 0 Å². The second-order valence-corrected chi connectivity index (χ2v) is 2.06. The molecule has 7 heteroatoms. The number of alkyl halides is 3. The summed E-state index contributed by atoms with van der Waals surface area (Å²) in [5.74, 6) is -1.29. The first kappa shape index (κ1) is 10.0. The molecule has 0 rings (SSSR count). The maximum atomic E-state index is 11.7. The van der Waals surface area contributed by atoms with Crippen LogP contribution in [0.3, 0.4) is 0 Å². The zero-order chi connectivity index (χ0) is 9.28. The van der Waals surface area contributed by atoms with Crippen molar-refractivity contribution in [2.75, 3.05) is 0 Å². The number of nitrogens with zero attached hydrogens (tertiary/aromatic N) is 1. The molecule has 0 aromatic carbocycles. The SMILES string of the molecule is CC(O)(/C(N)=N/O)C(F)(F)F. The van der Waals surface area contributed by atoms with Crippen molar-refractivity contribution in [3.05, 3.63) is 0 Å². The van der Waals surface area contributed by atoms with E-state index in [1.807, 2.05) is 0 Å². The molecule has 0 fully saturated rings. The minimum atomic E-state index is -4.94. The van der Waals surface area contributed by atoms with Crippen LogP contribution in [0.1, 0.15) is 6.92 Å². The third-order valence-corrected chi connectivity index (χ3v) is 1.16. The quantitative estimate of drug-likeness (QED) is 0.226. The summed E-state index contributed by atoms with van der Waals surface area (Å²) in [5, 5.41) is 18.5. The normalized spacial score (nSPS) is 19.5. The van der Waals surface area contributed by atoms with Crippen molar-refractivity contribution < 1.29 is 23.5 Å². The van der Waals surface area contributed by atoms with Crippen molar-refractivity contribution in [2.24, 2.45) is 10.9 Å². The summed E-state index contributed by atoms with van der Waals surface area (Å²) in [7, 11) is 0. The van der Waals surface area contributed by atoms with Gasteiger partial charge in [-0.25, -0.2) is 0 Å². The van der Waals surface area contributed by atoms with E-state index in [-0.39, 0.29) is 0 Å². The number of aliphatic hydroxyl groups is 1. The van der Waals surface area contributed by atoms with E-state index in [1.54, 1.807) is 0 Å². The fraction of sp³-hybridized carbons (Fsp3) is 0.750. The van der Waals surface area contributed by atoms with Gasteiger partial charge in [-0.15, -0.1) is 0 Å². The van der Waals surface area contributed by atoms with Crippen LogP contribution in [0.5, 0.6) is 0 Å². The van der Waals surface area contributed by atoms with E-state index >= 15 is 0 Å². The van der Waals surface area contributed by atoms with Gasteiger partial charge in [0.1, 0.15) is 0 Å². The van der Waals surface area contributed by atoms with Crippen LogP contribution in [-0.4, -0.2) is 27.9 Å². The number of amidine groups is 1. The first-order valence-electron chi connectivity index (χ1n) is 2.50. The van der Waals surface area contributed by atoms with Crippen LogP contribution in [0.25, 0.3) is 0 Å². The summed E-state index contributed by atoms with van der Waals surface area (Å²) in [4.78, 5) is 0. The van der Waals surface area contributed by atoms with Crippen LogP contribution >= 0.6 is 0 Å². The van der Waals surface area contributed by atoms with Crippen LogP contribution < -0.4 is 5.73 Å². The summed E-state index contributed by atoms with van der Waals surface area (Å²) in [6.07, 6.45) is -4.94. The lowest BCUT2D eigenvalue weighted by molar-refractivity contribution is -0.224. The van der Waals surface area contributed by atoms with E-state index in [2.05, 4.69) is 10.9 Å². The Hall–Kier alpha value is -0.980. The van der Waals surface area contributed by atoms with Crippen molar-refractivity contribution in [3.8, 4) is 0 Å². The minimum absolute atomic E-state index is 0.391. The molecule has 0 saturated carbocycles. The average molecular weight is 172 g/mol. The lowest BCUT2D eigenvalue weighted by Gasteiger charge is -2.23. The summed E-state index contributed by atoms with van der Waals surface area (Å²) in [5.41, 5.74) is 1.29. The van der Waals surface area contributed by atoms with Gasteiger partial charge in [0.25, 0.3) is 0 Å². The van der Waals surface area contributed by atoms with E-state index < -0.39 is 17.6 Å². The molecule has 0 spiro atoms. The highest BCUT2D eigenvalue weighted by molar-refractivity contribution is 5.88. The molecule has 0 bridgehead atoms. The van der Waals surface area contributed by atoms with Crippen LogP contribution in [0.4, 0.5) is 13.2 Å². The second-order valence-electron chi connectivity index (χ2n) is 2.06. The van der Waals surface area contributed by atoms with Crippen molar-refractivity contribution in [1.82, 2.24) is 0 Å². The van der Waals surface area contributed by atoms with Gasteiger partial charge in [0.15, 0.2) is 5.84 Å². The summed E-state index contributed by atoms with van der Waals surface area (Å²) >= 11 is 0. The Bertz CT molecular complexity index is 175. The summed E-state index contributed by atoms with van der Waals surface area (Å²) in [6.45, 7) is 0.391. The predicted molar refractivity (Wildman–Crippen MR) is 30.1 cm³/mol. The van der Waals surface area contributed by atoms with Gasteiger partial charge in [0, 0.05) is 0 Å². The van der Waals surface area contributed by atoms with Crippen LogP contribution in [0, 0.1) is 0 Å². The fourth-order valence-corrected chi connectivity index (χ4v) is 0.243. The molecule has 4 N–H and O–H groups in total. The number of halogens is 3. The molecule has 0 radical (unpaired) electrons. The number of rotatable bonds is 1. The average Bonchev–Trinajstić information content (AvgIpc) is 1.83. The lowest BCUT2D eigenvalue weighted by Crippen LogP contribution is -2.53. The molecule has 1 unspecified atom stereocenters. The van der Waals surface area contributed by atoms with Crippen molar-refractivity contribution in [3.63, 3.8) is 0 Å². The van der Waals surface area contributed by atoms with Crippen LogP contribution in [-0.2, 0) is 0 Å². The van der Waals surface area contributed by atoms with Crippen molar-refractivity contribution in [1.29, 1.82) is 0 Å². The van der Waals surface area contributed by atoms with Gasteiger partial charge in [-0.3, -0.25) is 0 Å². The smallest absolute Gasteiger partial charge is 0.409 e. The fourth-order valence-electron chi connectivity index (χ4n) is 0.243. The number of hydrogen-bond donors (Lipinski definition) is 3. The highest BCUT2D eigenvalue weighted by Gasteiger charge is 2.53. The monoisotopic (exact) mass is 172 g/mol. The first-order chi connectivity index (χ1) is 4.73. The molecule has 0 aromatic rings. The Kier molecular flexibility index (Phi) is 2.34. The van der Waals surface area contributed by atoms with Gasteiger partial charge in [-0.2, -0.15) is 13.2 Å². The van der Waals surface area contributed by atoms with E-state index in [4.69, 9.17) is 10.3 Å². The van der Waals surface area contributed by atoms with E-state index in [0.717, 1.165) is 0 Å². The van der Waals surface area contributed by atoms with Gasteiger partial charge >= 0.3 is 6.18 Å². The minimum Gasteiger partial charge on any atom is -0.409 e. The molecular formula is C4H7F3N2O2. The summed E-state index contributed by atoms with van der Waals surface area (Å²) < 4.78 is 35.2. The second kappa shape index (κ2) is 2.57. The third-order valence-electron chi connectivity index (χ3n) is 1.16. The Morgan fingerprint density at radius 3 is 1.91 bits per heavy atom. The molecular weight excluding hydrogens is 165 g/mol. The standard InChI is InChI=1S/C4H7F3N2O2/c1-3(10,2(8)9-11)4(5,6)7/h10-11H,1H3,(H2,8,9). The largest absolute Gasteiger partial charge is 0.424 e. The number of nitrogens with two attached hydrogens (primary N) is 1. The molecule has 1 atom stereocenters. The van der Waals surface area contributed by atoms with Gasteiger partial charge in [0.2, 0.25) is 5.60 Å². The lowest BCUT2D eigenvalue weighted by atomic mass is 10.1. The maximum absolute atomic E-state index is 11.7. The van der Waals surface area contributed by atoms with Gasteiger partial charge in [-0.05, 0) is 6.92 Å². The van der Waals surface area contributed by atoms with E-state index in [0.29, 0.717) is 6.92 Å². The van der Waals surface area contributed by atoms with Crippen molar-refractivity contribution in [2.45, 2.75) is 18.7 Å². The topological polar surface area (TPSA) is 78.8 Å². The molecule has 66 valence electrons. The number of hydrogen-bond acceptors (Lipinski definition) is 3. The van der Waals surface area contributed by atoms with Crippen molar-refractivity contribution >= 4 is 5.84 Å². The first-order valence-corrected chi connectivity index (χ1v) is 2.50. The molecule has 11 heavy (non-hydrogen) atoms. The highest BCUT2D eigenvalue weighted by atomic mass is 19.4. The zero-order valence-electron chi connectivity index (χ0n) is 5.55. The molecule has 0 amide bonds. The third kappa shape index (κ3) is 1.73. The van der Waals surface area contributed by atoms with Gasteiger partial charge < -0.3 is 16.0 Å². The Morgan fingerprint density at radius 2 is 1.82 bits per heavy atom. The molecule has 0 aliphatic rings. The van der Waals surface area contributed by atoms with Crippen LogP contribution in [0.15, 0.2) is 5.16 Å². The van der Waals surface area contributed by atoms with E-state index in [1.165, 1.54) is 0 Å². The van der Waals surface area contributed by atoms with E-state index in [9.17, 15) is 13.2 Å². The molecule has 0 aliphatic carbocycles. The Morgan fingerprint density at radius 1 is 1.45 bits per heavy atom. The molecule has 0 heterocycles. The Labute approximate surface area is 60.1 Å². The molecule has 0 aromatic heterocycles. The highest BCUT2D eigenvalue weighted by Crippen LogP contribution is 2.29. The predicted octanol–water partition coefficient (Wildman–Crippen LogP) is 0.0461. The molecule has 0 saturated heterocycles. The molecule has 0 aliphatic heterocycles.